The third-order valence-electron chi connectivity index (χ3n) is 3.57. The highest BCUT2D eigenvalue weighted by atomic mass is 16.1. The molecule has 8 nitrogen and oxygen atoms in total. The van der Waals surface area contributed by atoms with Gasteiger partial charge in [-0.05, 0) is 19.1 Å². The van der Waals surface area contributed by atoms with Crippen molar-refractivity contribution in [3.63, 3.8) is 0 Å². The first-order valence-corrected chi connectivity index (χ1v) is 6.68. The number of primary amides is 1. The van der Waals surface area contributed by atoms with Crippen LogP contribution in [0.2, 0.25) is 0 Å². The number of amides is 1. The van der Waals surface area contributed by atoms with E-state index in [1.807, 2.05) is 13.0 Å². The van der Waals surface area contributed by atoms with Crippen molar-refractivity contribution in [2.45, 2.75) is 26.4 Å². The third kappa shape index (κ3) is 2.04. The van der Waals surface area contributed by atoms with Gasteiger partial charge in [-0.25, -0.2) is 9.78 Å². The van der Waals surface area contributed by atoms with Crippen LogP contribution in [0.3, 0.4) is 0 Å². The van der Waals surface area contributed by atoms with E-state index in [4.69, 9.17) is 11.5 Å². The Morgan fingerprint density at radius 1 is 1.33 bits per heavy atom. The number of benzene rings is 1. The van der Waals surface area contributed by atoms with Crippen molar-refractivity contribution < 1.29 is 4.79 Å². The molecule has 8 heteroatoms. The van der Waals surface area contributed by atoms with Crippen LogP contribution >= 0.6 is 0 Å². The number of carbonyl (C=O) groups is 1. The Kier molecular flexibility index (Phi) is 2.93. The fraction of sp³-hybridized carbons (Fsp3) is 0.308. The summed E-state index contributed by atoms with van der Waals surface area (Å²) in [5.41, 5.74) is 13.9. The molecule has 0 bridgehead atoms. The second-order valence-electron chi connectivity index (χ2n) is 4.87. The number of nitrogens with two attached hydrogens (primary N) is 2. The molecule has 1 aromatic carbocycles. The second kappa shape index (κ2) is 4.65. The molecule has 0 saturated heterocycles. The minimum absolute atomic E-state index is 0.156. The Hall–Kier alpha value is -2.77. The van der Waals surface area contributed by atoms with Gasteiger partial charge in [0.05, 0.1) is 22.1 Å². The molecule has 0 spiro atoms. The SMILES string of the molecule is CCn1c(=O)[nH]c2cc3nc(N)n(CCC(N)=O)c3cc21. The lowest BCUT2D eigenvalue weighted by Gasteiger charge is -2.05. The summed E-state index contributed by atoms with van der Waals surface area (Å²) in [5.74, 6) is -0.0752. The lowest BCUT2D eigenvalue weighted by molar-refractivity contribution is -0.118. The van der Waals surface area contributed by atoms with Gasteiger partial charge in [-0.15, -0.1) is 0 Å². The van der Waals surface area contributed by atoms with Crippen LogP contribution in [0.4, 0.5) is 5.95 Å². The van der Waals surface area contributed by atoms with Gasteiger partial charge in [-0.3, -0.25) is 9.36 Å². The van der Waals surface area contributed by atoms with Gasteiger partial charge in [0.2, 0.25) is 11.9 Å². The van der Waals surface area contributed by atoms with Gasteiger partial charge in [0, 0.05) is 19.5 Å². The summed E-state index contributed by atoms with van der Waals surface area (Å²) >= 11 is 0. The summed E-state index contributed by atoms with van der Waals surface area (Å²) in [4.78, 5) is 29.8. The van der Waals surface area contributed by atoms with E-state index in [0.717, 1.165) is 11.0 Å². The Balaban J connectivity index is 2.24. The highest BCUT2D eigenvalue weighted by Gasteiger charge is 2.13. The predicted octanol–water partition coefficient (Wildman–Crippen LogP) is 0.157. The number of nitrogen functional groups attached to an aromatic ring is 1. The van der Waals surface area contributed by atoms with Crippen LogP contribution in [0, 0.1) is 0 Å². The van der Waals surface area contributed by atoms with E-state index in [1.54, 1.807) is 15.2 Å². The minimum atomic E-state index is -0.399. The summed E-state index contributed by atoms with van der Waals surface area (Å²) in [6.45, 7) is 2.83. The van der Waals surface area contributed by atoms with Gasteiger partial charge >= 0.3 is 5.69 Å². The molecule has 3 rings (SSSR count). The van der Waals surface area contributed by atoms with Gasteiger partial charge in [-0.2, -0.15) is 0 Å². The molecule has 0 aliphatic carbocycles. The number of carbonyl (C=O) groups excluding carboxylic acids is 1. The zero-order chi connectivity index (χ0) is 15.1. The largest absolute Gasteiger partial charge is 0.370 e. The molecule has 0 unspecified atom stereocenters. The zero-order valence-electron chi connectivity index (χ0n) is 11.6. The highest BCUT2D eigenvalue weighted by molar-refractivity contribution is 5.93. The van der Waals surface area contributed by atoms with Crippen molar-refractivity contribution in [3.05, 3.63) is 22.6 Å². The number of aromatic nitrogens is 4. The first-order valence-electron chi connectivity index (χ1n) is 6.68. The van der Waals surface area contributed by atoms with Gasteiger partial charge in [0.1, 0.15) is 0 Å². The van der Waals surface area contributed by atoms with Crippen LogP contribution in [0.25, 0.3) is 22.1 Å². The number of imidazole rings is 2. The van der Waals surface area contributed by atoms with Crippen molar-refractivity contribution in [1.29, 1.82) is 0 Å². The average molecular weight is 288 g/mol. The number of aryl methyl sites for hydroxylation is 2. The van der Waals surface area contributed by atoms with Gasteiger partial charge in [0.25, 0.3) is 0 Å². The van der Waals surface area contributed by atoms with E-state index in [-0.39, 0.29) is 12.1 Å². The van der Waals surface area contributed by atoms with Gasteiger partial charge < -0.3 is 21.0 Å². The van der Waals surface area contributed by atoms with E-state index in [0.29, 0.717) is 30.1 Å². The van der Waals surface area contributed by atoms with Crippen LogP contribution in [-0.4, -0.2) is 25.0 Å². The Morgan fingerprint density at radius 3 is 2.76 bits per heavy atom. The molecule has 1 amide bonds. The summed E-state index contributed by atoms with van der Waals surface area (Å²) < 4.78 is 3.37. The van der Waals surface area contributed by atoms with Crippen LogP contribution in [0.1, 0.15) is 13.3 Å². The van der Waals surface area contributed by atoms with Gasteiger partial charge in [-0.1, -0.05) is 0 Å². The number of fused-ring (bicyclic) bond motifs is 2. The molecule has 21 heavy (non-hydrogen) atoms. The third-order valence-corrected chi connectivity index (χ3v) is 3.57. The smallest absolute Gasteiger partial charge is 0.326 e. The maximum absolute atomic E-state index is 11.8. The molecule has 0 radical (unpaired) electrons. The number of H-pyrrole nitrogens is 1. The van der Waals surface area contributed by atoms with Crippen LogP contribution < -0.4 is 17.2 Å². The van der Waals surface area contributed by atoms with Crippen molar-refractivity contribution in [2.75, 3.05) is 5.73 Å². The summed E-state index contributed by atoms with van der Waals surface area (Å²) in [5, 5.41) is 0. The Labute approximate surface area is 119 Å². The van der Waals surface area contributed by atoms with E-state index in [1.165, 1.54) is 0 Å². The first-order chi connectivity index (χ1) is 10.0. The summed E-state index contributed by atoms with van der Waals surface area (Å²) in [7, 11) is 0. The highest BCUT2D eigenvalue weighted by Crippen LogP contribution is 2.23. The normalized spacial score (nSPS) is 11.5. The molecule has 0 fully saturated rings. The molecule has 3 aromatic rings. The monoisotopic (exact) mass is 288 g/mol. The maximum Gasteiger partial charge on any atom is 0.326 e. The van der Waals surface area contributed by atoms with Crippen LogP contribution in [0.15, 0.2) is 16.9 Å². The number of anilines is 1. The summed E-state index contributed by atoms with van der Waals surface area (Å²) in [6.07, 6.45) is 0.182. The Bertz CT molecular complexity index is 901. The standard InChI is InChI=1S/C13H16N6O2/c1-2-18-9-6-10-7(5-8(9)17-13(18)21)16-12(15)19(10)4-3-11(14)20/h5-6H,2-4H2,1H3,(H2,14,20)(H2,15,16)(H,17,21). The number of nitrogens with zero attached hydrogens (tertiary/aromatic N) is 3. The number of hydrogen-bond acceptors (Lipinski definition) is 4. The molecule has 0 aliphatic rings. The van der Waals surface area contributed by atoms with E-state index >= 15 is 0 Å². The van der Waals surface area contributed by atoms with Crippen LogP contribution in [-0.2, 0) is 17.9 Å². The minimum Gasteiger partial charge on any atom is -0.370 e. The molecular weight excluding hydrogens is 272 g/mol. The van der Waals surface area contributed by atoms with E-state index in [9.17, 15) is 9.59 Å². The quantitative estimate of drug-likeness (QED) is 0.632. The fourth-order valence-electron chi connectivity index (χ4n) is 2.57. The summed E-state index contributed by atoms with van der Waals surface area (Å²) in [6, 6.07) is 3.64. The van der Waals surface area contributed by atoms with E-state index in [2.05, 4.69) is 9.97 Å². The molecule has 2 heterocycles. The fourth-order valence-corrected chi connectivity index (χ4v) is 2.57. The molecule has 5 N–H and O–H groups in total. The van der Waals surface area contributed by atoms with E-state index < -0.39 is 5.91 Å². The lowest BCUT2D eigenvalue weighted by Crippen LogP contribution is -2.15. The molecule has 0 saturated carbocycles. The van der Waals surface area contributed by atoms with Crippen molar-refractivity contribution >= 4 is 33.9 Å². The van der Waals surface area contributed by atoms with Crippen LogP contribution in [0.5, 0.6) is 0 Å². The molecule has 2 aromatic heterocycles. The topological polar surface area (TPSA) is 125 Å². The van der Waals surface area contributed by atoms with Crippen molar-refractivity contribution in [2.24, 2.45) is 5.73 Å². The van der Waals surface area contributed by atoms with Crippen molar-refractivity contribution in [3.8, 4) is 0 Å². The number of aromatic amines is 1. The lowest BCUT2D eigenvalue weighted by atomic mass is 10.2. The predicted molar refractivity (Wildman–Crippen MR) is 79.7 cm³/mol. The molecule has 0 aliphatic heterocycles. The number of rotatable bonds is 4. The average Bonchev–Trinajstić information content (AvgIpc) is 2.88. The second-order valence-corrected chi connectivity index (χ2v) is 4.87. The van der Waals surface area contributed by atoms with Gasteiger partial charge in [0.15, 0.2) is 0 Å². The number of hydrogen-bond donors (Lipinski definition) is 3. The first kappa shape index (κ1) is 13.2. The molecule has 110 valence electrons. The zero-order valence-corrected chi connectivity index (χ0v) is 11.6. The maximum atomic E-state index is 11.8. The molecule has 0 atom stereocenters. The van der Waals surface area contributed by atoms with Crippen molar-refractivity contribution in [1.82, 2.24) is 19.1 Å². The molecular formula is C13H16N6O2. The Morgan fingerprint density at radius 2 is 2.10 bits per heavy atom. The number of nitrogens with one attached hydrogen (secondary N) is 1.